The molecule has 140 valence electrons. The lowest BCUT2D eigenvalue weighted by Crippen LogP contribution is -2.21. The van der Waals surface area contributed by atoms with Crippen molar-refractivity contribution in [1.82, 2.24) is 0 Å². The molecule has 0 saturated heterocycles. The summed E-state index contributed by atoms with van der Waals surface area (Å²) in [6.07, 6.45) is 1.99. The highest BCUT2D eigenvalue weighted by atomic mass is 79.9. The maximum absolute atomic E-state index is 13.2. The van der Waals surface area contributed by atoms with Gasteiger partial charge in [0.1, 0.15) is 0 Å². The lowest BCUT2D eigenvalue weighted by molar-refractivity contribution is -0.114. The summed E-state index contributed by atoms with van der Waals surface area (Å²) in [5.74, 6) is -0.109. The van der Waals surface area contributed by atoms with Gasteiger partial charge in [-0.05, 0) is 70.4 Å². The van der Waals surface area contributed by atoms with Crippen LogP contribution in [-0.4, -0.2) is 11.6 Å². The fourth-order valence-corrected chi connectivity index (χ4v) is 4.05. The topological polar surface area (TPSA) is 32.7 Å². The molecule has 0 aliphatic carbocycles. The van der Waals surface area contributed by atoms with Gasteiger partial charge >= 0.3 is 0 Å². The summed E-state index contributed by atoms with van der Waals surface area (Å²) in [7, 11) is 0. The number of rotatable bonds is 2. The Kier molecular flexibility index (Phi) is 4.29. The van der Waals surface area contributed by atoms with Crippen LogP contribution in [0.1, 0.15) is 12.5 Å². The average Bonchev–Trinajstić information content (AvgIpc) is 3.02. The molecule has 3 nitrogen and oxygen atoms in total. The monoisotopic (exact) mass is 440 g/mol. The Morgan fingerprint density at radius 1 is 0.862 bits per heavy atom. The molecule has 1 heterocycles. The second kappa shape index (κ2) is 6.98. The molecule has 5 rings (SSSR count). The van der Waals surface area contributed by atoms with Gasteiger partial charge in [0.25, 0.3) is 5.91 Å². The molecule has 1 aliphatic rings. The Hall–Kier alpha value is -3.24. The Labute approximate surface area is 177 Å². The zero-order valence-electron chi connectivity index (χ0n) is 15.8. The van der Waals surface area contributed by atoms with E-state index in [1.165, 1.54) is 5.01 Å². The highest BCUT2D eigenvalue weighted by molar-refractivity contribution is 9.10. The van der Waals surface area contributed by atoms with Gasteiger partial charge in [0, 0.05) is 4.47 Å². The van der Waals surface area contributed by atoms with Crippen molar-refractivity contribution >= 4 is 60.9 Å². The van der Waals surface area contributed by atoms with Crippen molar-refractivity contribution < 1.29 is 4.79 Å². The molecule has 0 spiro atoms. The van der Waals surface area contributed by atoms with Gasteiger partial charge in [0.15, 0.2) is 0 Å². The lowest BCUT2D eigenvalue weighted by atomic mass is 9.94. The minimum Gasteiger partial charge on any atom is -0.267 e. The van der Waals surface area contributed by atoms with Crippen molar-refractivity contribution in [3.8, 4) is 0 Å². The maximum atomic E-state index is 13.2. The highest BCUT2D eigenvalue weighted by Crippen LogP contribution is 2.32. The van der Waals surface area contributed by atoms with E-state index in [0.29, 0.717) is 5.57 Å². The number of fused-ring (bicyclic) bond motifs is 2. The number of hydrazone groups is 1. The zero-order chi connectivity index (χ0) is 20.0. The summed E-state index contributed by atoms with van der Waals surface area (Å²) in [5.41, 5.74) is 3.14. The molecule has 0 unspecified atom stereocenters. The molecule has 1 amide bonds. The second-order valence-corrected chi connectivity index (χ2v) is 7.98. The van der Waals surface area contributed by atoms with Crippen LogP contribution in [-0.2, 0) is 4.79 Å². The molecule has 4 aromatic carbocycles. The van der Waals surface area contributed by atoms with Crippen molar-refractivity contribution in [3.05, 3.63) is 94.5 Å². The van der Waals surface area contributed by atoms with Crippen LogP contribution >= 0.6 is 15.9 Å². The van der Waals surface area contributed by atoms with Gasteiger partial charge in [-0.25, -0.2) is 0 Å². The van der Waals surface area contributed by atoms with E-state index in [1.807, 2.05) is 61.5 Å². The lowest BCUT2D eigenvalue weighted by Gasteiger charge is -2.12. The number of carbonyl (C=O) groups excluding carboxylic acids is 1. The van der Waals surface area contributed by atoms with E-state index in [-0.39, 0.29) is 5.91 Å². The molecule has 0 atom stereocenters. The van der Waals surface area contributed by atoms with Crippen molar-refractivity contribution in [1.29, 1.82) is 0 Å². The number of halogens is 1. The van der Waals surface area contributed by atoms with Gasteiger partial charge < -0.3 is 0 Å². The quantitative estimate of drug-likeness (QED) is 0.256. The zero-order valence-corrected chi connectivity index (χ0v) is 17.3. The van der Waals surface area contributed by atoms with Crippen molar-refractivity contribution in [2.75, 3.05) is 5.01 Å². The van der Waals surface area contributed by atoms with Crippen LogP contribution in [0, 0.1) is 0 Å². The van der Waals surface area contributed by atoms with E-state index in [9.17, 15) is 4.79 Å². The van der Waals surface area contributed by atoms with Gasteiger partial charge in [-0.3, -0.25) is 4.79 Å². The van der Waals surface area contributed by atoms with E-state index in [2.05, 4.69) is 51.4 Å². The molecular weight excluding hydrogens is 424 g/mol. The molecule has 4 heteroatoms. The van der Waals surface area contributed by atoms with Gasteiger partial charge in [-0.2, -0.15) is 10.1 Å². The summed E-state index contributed by atoms with van der Waals surface area (Å²) < 4.78 is 0.964. The normalized spacial score (nSPS) is 15.5. The first kappa shape index (κ1) is 17.8. The fraction of sp³-hybridized carbons (Fsp3) is 0.0400. The average molecular weight is 441 g/mol. The van der Waals surface area contributed by atoms with Crippen LogP contribution in [0.3, 0.4) is 0 Å². The van der Waals surface area contributed by atoms with E-state index < -0.39 is 0 Å². The summed E-state index contributed by atoms with van der Waals surface area (Å²) in [5, 5.41) is 10.6. The fourth-order valence-electron chi connectivity index (χ4n) is 3.79. The molecule has 0 N–H and O–H groups in total. The van der Waals surface area contributed by atoms with Gasteiger partial charge in [0.05, 0.1) is 17.0 Å². The predicted molar refractivity (Wildman–Crippen MR) is 124 cm³/mol. The molecule has 0 saturated carbocycles. The molecule has 0 radical (unpaired) electrons. The predicted octanol–water partition coefficient (Wildman–Crippen LogP) is 6.56. The van der Waals surface area contributed by atoms with Crippen LogP contribution in [0.5, 0.6) is 0 Å². The Bertz CT molecular complexity index is 1280. The van der Waals surface area contributed by atoms with Crippen molar-refractivity contribution in [2.45, 2.75) is 6.92 Å². The molecule has 0 aromatic heterocycles. The first-order valence-corrected chi connectivity index (χ1v) is 10.2. The van der Waals surface area contributed by atoms with E-state index in [1.54, 1.807) is 0 Å². The maximum Gasteiger partial charge on any atom is 0.280 e. The Morgan fingerprint density at radius 2 is 1.45 bits per heavy atom. The summed E-state index contributed by atoms with van der Waals surface area (Å²) >= 11 is 3.43. The van der Waals surface area contributed by atoms with Gasteiger partial charge in [-0.1, -0.05) is 64.5 Å². The molecule has 4 aromatic rings. The molecule has 29 heavy (non-hydrogen) atoms. The minimum absolute atomic E-state index is 0.109. The number of hydrogen-bond donors (Lipinski definition) is 0. The minimum atomic E-state index is -0.109. The number of benzene rings is 4. The van der Waals surface area contributed by atoms with E-state index in [4.69, 9.17) is 0 Å². The molecule has 1 aliphatic heterocycles. The van der Waals surface area contributed by atoms with Crippen LogP contribution in [0.2, 0.25) is 0 Å². The largest absolute Gasteiger partial charge is 0.280 e. The SMILES string of the molecule is CC1=NN(c2ccc(Br)cc2)C(=O)C1=Cc1c2ccccc2cc2ccccc12. The Morgan fingerprint density at radius 3 is 2.07 bits per heavy atom. The van der Waals surface area contributed by atoms with Gasteiger partial charge in [0.2, 0.25) is 0 Å². The highest BCUT2D eigenvalue weighted by Gasteiger charge is 2.29. The summed E-state index contributed by atoms with van der Waals surface area (Å²) in [6, 6.07) is 26.3. The van der Waals surface area contributed by atoms with Gasteiger partial charge in [-0.15, -0.1) is 0 Å². The first-order chi connectivity index (χ1) is 14.1. The van der Waals surface area contributed by atoms with Crippen LogP contribution in [0.25, 0.3) is 27.6 Å². The van der Waals surface area contributed by atoms with Crippen LogP contribution in [0.15, 0.2) is 94.0 Å². The number of carbonyl (C=O) groups is 1. The molecular formula is C25H17BrN2O. The number of anilines is 1. The number of nitrogens with zero attached hydrogens (tertiary/aromatic N) is 2. The summed E-state index contributed by atoms with van der Waals surface area (Å²) in [6.45, 7) is 1.88. The van der Waals surface area contributed by atoms with E-state index in [0.717, 1.165) is 43.0 Å². The number of amides is 1. The smallest absolute Gasteiger partial charge is 0.267 e. The first-order valence-electron chi connectivity index (χ1n) is 9.39. The third-order valence-electron chi connectivity index (χ3n) is 5.24. The Balaban J connectivity index is 1.69. The van der Waals surface area contributed by atoms with Crippen molar-refractivity contribution in [2.24, 2.45) is 5.10 Å². The number of hydrogen-bond acceptors (Lipinski definition) is 2. The molecule has 0 bridgehead atoms. The van der Waals surface area contributed by atoms with E-state index >= 15 is 0 Å². The third-order valence-corrected chi connectivity index (χ3v) is 5.76. The van der Waals surface area contributed by atoms with Crippen LogP contribution < -0.4 is 5.01 Å². The third kappa shape index (κ3) is 3.06. The van der Waals surface area contributed by atoms with Crippen LogP contribution in [0.4, 0.5) is 5.69 Å². The molecule has 0 fully saturated rings. The van der Waals surface area contributed by atoms with Crippen molar-refractivity contribution in [3.63, 3.8) is 0 Å². The summed E-state index contributed by atoms with van der Waals surface area (Å²) in [4.78, 5) is 13.2. The standard InChI is InChI=1S/C25H17BrN2O/c1-16-23(25(29)28(27-16)20-12-10-19(26)11-13-20)15-24-21-8-4-2-6-17(21)14-18-7-3-5-9-22(18)24/h2-15H,1H3. The second-order valence-electron chi connectivity index (χ2n) is 7.07.